The zero-order valence-corrected chi connectivity index (χ0v) is 9.37. The van der Waals surface area contributed by atoms with Gasteiger partial charge in [0.15, 0.2) is 0 Å². The number of aliphatic hydroxyl groups is 2. The lowest BCUT2D eigenvalue weighted by Gasteiger charge is -2.27. The Morgan fingerprint density at radius 2 is 2.00 bits per heavy atom. The molecule has 0 fully saturated rings. The van der Waals surface area contributed by atoms with Crippen LogP contribution >= 0.6 is 0 Å². The summed E-state index contributed by atoms with van der Waals surface area (Å²) in [5.41, 5.74) is -1.07. The standard InChI is InChI=1S/C12H16F2O2/c1-3-12(2,16)11(15)6-8-4-5-9(13)7-10(8)14/h4-5,7,11,15-16H,3,6H2,1-2H3. The van der Waals surface area contributed by atoms with Crippen molar-refractivity contribution in [3.05, 3.63) is 35.4 Å². The lowest BCUT2D eigenvalue weighted by atomic mass is 9.91. The molecule has 1 aromatic carbocycles. The zero-order valence-electron chi connectivity index (χ0n) is 9.37. The zero-order chi connectivity index (χ0) is 12.3. The van der Waals surface area contributed by atoms with Gasteiger partial charge in [-0.25, -0.2) is 8.78 Å². The lowest BCUT2D eigenvalue weighted by molar-refractivity contribution is -0.0632. The topological polar surface area (TPSA) is 40.5 Å². The van der Waals surface area contributed by atoms with Gasteiger partial charge in [0.25, 0.3) is 0 Å². The highest BCUT2D eigenvalue weighted by molar-refractivity contribution is 5.19. The van der Waals surface area contributed by atoms with Gasteiger partial charge >= 0.3 is 0 Å². The highest BCUT2D eigenvalue weighted by atomic mass is 19.1. The summed E-state index contributed by atoms with van der Waals surface area (Å²) < 4.78 is 25.9. The van der Waals surface area contributed by atoms with Gasteiger partial charge in [0.05, 0.1) is 11.7 Å². The maximum Gasteiger partial charge on any atom is 0.129 e. The number of halogens is 2. The average molecular weight is 230 g/mol. The highest BCUT2D eigenvalue weighted by Gasteiger charge is 2.28. The van der Waals surface area contributed by atoms with Crippen LogP contribution in [0.3, 0.4) is 0 Å². The molecule has 90 valence electrons. The van der Waals surface area contributed by atoms with Crippen molar-refractivity contribution in [2.24, 2.45) is 0 Å². The molecule has 1 rings (SSSR count). The molecule has 0 saturated carbocycles. The van der Waals surface area contributed by atoms with Crippen molar-refractivity contribution in [1.82, 2.24) is 0 Å². The molecule has 0 heterocycles. The number of hydrogen-bond donors (Lipinski definition) is 2. The first-order chi connectivity index (χ1) is 7.36. The summed E-state index contributed by atoms with van der Waals surface area (Å²) in [5.74, 6) is -1.36. The fourth-order valence-electron chi connectivity index (χ4n) is 1.35. The van der Waals surface area contributed by atoms with Crippen LogP contribution in [-0.2, 0) is 6.42 Å². The third-order valence-electron chi connectivity index (χ3n) is 2.86. The van der Waals surface area contributed by atoms with E-state index in [0.29, 0.717) is 6.42 Å². The van der Waals surface area contributed by atoms with Gasteiger partial charge in [-0.05, 0) is 25.0 Å². The summed E-state index contributed by atoms with van der Waals surface area (Å²) in [7, 11) is 0. The normalized spacial score (nSPS) is 16.9. The minimum Gasteiger partial charge on any atom is -0.390 e. The Bertz CT molecular complexity index is 364. The van der Waals surface area contributed by atoms with Crippen molar-refractivity contribution in [1.29, 1.82) is 0 Å². The maximum atomic E-state index is 13.3. The van der Waals surface area contributed by atoms with Crippen molar-refractivity contribution in [2.45, 2.75) is 38.4 Å². The van der Waals surface area contributed by atoms with E-state index in [4.69, 9.17) is 0 Å². The molecule has 0 radical (unpaired) electrons. The lowest BCUT2D eigenvalue weighted by Crippen LogP contribution is -2.40. The van der Waals surface area contributed by atoms with Crippen molar-refractivity contribution in [3.63, 3.8) is 0 Å². The van der Waals surface area contributed by atoms with Crippen molar-refractivity contribution in [3.8, 4) is 0 Å². The fraction of sp³-hybridized carbons (Fsp3) is 0.500. The molecule has 0 aliphatic carbocycles. The molecule has 0 aliphatic rings. The van der Waals surface area contributed by atoms with E-state index in [1.165, 1.54) is 13.0 Å². The number of hydrogen-bond acceptors (Lipinski definition) is 2. The Balaban J connectivity index is 2.81. The van der Waals surface area contributed by atoms with Gasteiger partial charge in [-0.15, -0.1) is 0 Å². The molecular weight excluding hydrogens is 214 g/mol. The number of aliphatic hydroxyl groups excluding tert-OH is 1. The van der Waals surface area contributed by atoms with Crippen molar-refractivity contribution >= 4 is 0 Å². The molecule has 2 N–H and O–H groups in total. The predicted molar refractivity (Wildman–Crippen MR) is 57.0 cm³/mol. The molecule has 0 aromatic heterocycles. The molecule has 1 aromatic rings. The smallest absolute Gasteiger partial charge is 0.129 e. The van der Waals surface area contributed by atoms with Gasteiger partial charge in [-0.3, -0.25) is 0 Å². The van der Waals surface area contributed by atoms with E-state index in [2.05, 4.69) is 0 Å². The third kappa shape index (κ3) is 3.00. The van der Waals surface area contributed by atoms with Crippen LogP contribution in [0.2, 0.25) is 0 Å². The van der Waals surface area contributed by atoms with Gasteiger partial charge in [-0.1, -0.05) is 13.0 Å². The minimum atomic E-state index is -1.26. The predicted octanol–water partition coefficient (Wildman–Crippen LogP) is 2.03. The van der Waals surface area contributed by atoms with Crippen molar-refractivity contribution in [2.75, 3.05) is 0 Å². The first-order valence-corrected chi connectivity index (χ1v) is 5.21. The van der Waals surface area contributed by atoms with E-state index in [9.17, 15) is 19.0 Å². The van der Waals surface area contributed by atoms with E-state index >= 15 is 0 Å². The summed E-state index contributed by atoms with van der Waals surface area (Å²) in [4.78, 5) is 0. The molecule has 2 unspecified atom stereocenters. The third-order valence-corrected chi connectivity index (χ3v) is 2.86. The van der Waals surface area contributed by atoms with E-state index in [-0.39, 0.29) is 12.0 Å². The van der Waals surface area contributed by atoms with E-state index < -0.39 is 23.3 Å². The minimum absolute atomic E-state index is 0.0348. The maximum absolute atomic E-state index is 13.3. The molecule has 16 heavy (non-hydrogen) atoms. The Morgan fingerprint density at radius 3 is 2.50 bits per heavy atom. The molecule has 2 atom stereocenters. The van der Waals surface area contributed by atoms with Gasteiger partial charge in [0, 0.05) is 12.5 Å². The van der Waals surface area contributed by atoms with E-state index in [1.807, 2.05) is 0 Å². The molecule has 2 nitrogen and oxygen atoms in total. The second kappa shape index (κ2) is 4.89. The van der Waals surface area contributed by atoms with Crippen LogP contribution in [0.1, 0.15) is 25.8 Å². The average Bonchev–Trinajstić information content (AvgIpc) is 2.22. The van der Waals surface area contributed by atoms with Gasteiger partial charge < -0.3 is 10.2 Å². The monoisotopic (exact) mass is 230 g/mol. The molecule has 0 bridgehead atoms. The van der Waals surface area contributed by atoms with Crippen LogP contribution in [0.15, 0.2) is 18.2 Å². The quantitative estimate of drug-likeness (QED) is 0.830. The summed E-state index contributed by atoms with van der Waals surface area (Å²) in [6.07, 6.45) is -0.748. The fourth-order valence-corrected chi connectivity index (χ4v) is 1.35. The van der Waals surface area contributed by atoms with Crippen LogP contribution in [0, 0.1) is 11.6 Å². The highest BCUT2D eigenvalue weighted by Crippen LogP contribution is 2.20. The Hall–Kier alpha value is -1.00. The van der Waals surface area contributed by atoms with Crippen LogP contribution in [-0.4, -0.2) is 21.9 Å². The van der Waals surface area contributed by atoms with Crippen LogP contribution in [0.4, 0.5) is 8.78 Å². The summed E-state index contributed by atoms with van der Waals surface area (Å²) >= 11 is 0. The summed E-state index contributed by atoms with van der Waals surface area (Å²) in [6, 6.07) is 3.17. The first kappa shape index (κ1) is 13.1. The summed E-state index contributed by atoms with van der Waals surface area (Å²) in [6.45, 7) is 3.21. The van der Waals surface area contributed by atoms with Crippen LogP contribution in [0.25, 0.3) is 0 Å². The second-order valence-corrected chi connectivity index (χ2v) is 4.17. The molecule has 4 heteroatoms. The molecular formula is C12H16F2O2. The largest absolute Gasteiger partial charge is 0.390 e. The van der Waals surface area contributed by atoms with E-state index in [0.717, 1.165) is 12.1 Å². The Kier molecular flexibility index (Phi) is 3.99. The molecule has 0 spiro atoms. The summed E-state index contributed by atoms with van der Waals surface area (Å²) in [5, 5.41) is 19.5. The molecule has 0 amide bonds. The van der Waals surface area contributed by atoms with Crippen LogP contribution < -0.4 is 0 Å². The first-order valence-electron chi connectivity index (χ1n) is 5.21. The Labute approximate surface area is 93.5 Å². The van der Waals surface area contributed by atoms with Gasteiger partial charge in [-0.2, -0.15) is 0 Å². The van der Waals surface area contributed by atoms with Gasteiger partial charge in [0.2, 0.25) is 0 Å². The molecule has 0 aliphatic heterocycles. The van der Waals surface area contributed by atoms with Crippen molar-refractivity contribution < 1.29 is 19.0 Å². The SMILES string of the molecule is CCC(C)(O)C(O)Cc1ccc(F)cc1F. The number of rotatable bonds is 4. The second-order valence-electron chi connectivity index (χ2n) is 4.17. The van der Waals surface area contributed by atoms with E-state index in [1.54, 1.807) is 6.92 Å². The van der Waals surface area contributed by atoms with Gasteiger partial charge in [0.1, 0.15) is 11.6 Å². The van der Waals surface area contributed by atoms with Crippen LogP contribution in [0.5, 0.6) is 0 Å². The number of benzene rings is 1. The Morgan fingerprint density at radius 1 is 1.38 bits per heavy atom. The molecule has 0 saturated heterocycles.